The molecule has 0 saturated heterocycles. The minimum atomic E-state index is 0.536. The average Bonchev–Trinajstić information content (AvgIpc) is 2.95. The molecule has 4 heteroatoms. The first-order chi connectivity index (χ1) is 8.70. The third kappa shape index (κ3) is 1.61. The molecule has 0 atom stereocenters. The standard InChI is InChI=1S/C14H11BrN2O/c1-3-13-16-7-12(18-13)9-8-17(2)11-6-4-5-10(15)14(9)11/h3-8H,1H2,2H3. The highest BCUT2D eigenvalue weighted by atomic mass is 79.9. The first kappa shape index (κ1) is 11.3. The molecule has 0 unspecified atom stereocenters. The molecule has 0 fully saturated rings. The monoisotopic (exact) mass is 302 g/mol. The van der Waals surface area contributed by atoms with E-state index in [9.17, 15) is 0 Å². The first-order valence-electron chi connectivity index (χ1n) is 5.53. The summed E-state index contributed by atoms with van der Waals surface area (Å²) >= 11 is 3.59. The first-order valence-corrected chi connectivity index (χ1v) is 6.32. The van der Waals surface area contributed by atoms with E-state index in [1.54, 1.807) is 12.3 Å². The molecule has 0 saturated carbocycles. The summed E-state index contributed by atoms with van der Waals surface area (Å²) in [5.41, 5.74) is 2.18. The lowest BCUT2D eigenvalue weighted by Crippen LogP contribution is -1.82. The normalized spacial score (nSPS) is 11.0. The van der Waals surface area contributed by atoms with E-state index in [4.69, 9.17) is 4.42 Å². The van der Waals surface area contributed by atoms with Gasteiger partial charge in [-0.05, 0) is 18.2 Å². The summed E-state index contributed by atoms with van der Waals surface area (Å²) in [7, 11) is 2.02. The molecule has 0 aliphatic heterocycles. The van der Waals surface area contributed by atoms with Crippen LogP contribution in [0.15, 0.2) is 46.1 Å². The Bertz CT molecular complexity index is 739. The van der Waals surface area contributed by atoms with E-state index in [-0.39, 0.29) is 0 Å². The number of aryl methyl sites for hydroxylation is 1. The summed E-state index contributed by atoms with van der Waals surface area (Å²) < 4.78 is 8.76. The Kier molecular flexibility index (Phi) is 2.59. The van der Waals surface area contributed by atoms with Crippen LogP contribution < -0.4 is 0 Å². The molecule has 0 N–H and O–H groups in total. The summed E-state index contributed by atoms with van der Waals surface area (Å²) in [6.07, 6.45) is 5.37. The number of oxazole rings is 1. The van der Waals surface area contributed by atoms with Gasteiger partial charge < -0.3 is 8.98 Å². The molecule has 1 aromatic carbocycles. The molecule has 18 heavy (non-hydrogen) atoms. The zero-order valence-corrected chi connectivity index (χ0v) is 11.4. The molecule has 3 rings (SSSR count). The van der Waals surface area contributed by atoms with Crippen LogP contribution in [0, 0.1) is 0 Å². The maximum atomic E-state index is 5.63. The van der Waals surface area contributed by atoms with Crippen LogP contribution in [0.4, 0.5) is 0 Å². The van der Waals surface area contributed by atoms with E-state index < -0.39 is 0 Å². The van der Waals surface area contributed by atoms with Gasteiger partial charge in [0.05, 0.1) is 6.20 Å². The van der Waals surface area contributed by atoms with Gasteiger partial charge in [0.15, 0.2) is 5.76 Å². The lowest BCUT2D eigenvalue weighted by Gasteiger charge is -1.98. The Morgan fingerprint density at radius 2 is 2.28 bits per heavy atom. The molecular formula is C14H11BrN2O. The van der Waals surface area contributed by atoms with Crippen molar-refractivity contribution in [1.29, 1.82) is 0 Å². The van der Waals surface area contributed by atoms with Gasteiger partial charge in [0.25, 0.3) is 0 Å². The van der Waals surface area contributed by atoms with Crippen LogP contribution in [-0.2, 0) is 7.05 Å². The van der Waals surface area contributed by atoms with Crippen LogP contribution in [0.2, 0.25) is 0 Å². The van der Waals surface area contributed by atoms with Crippen molar-refractivity contribution < 1.29 is 4.42 Å². The maximum absolute atomic E-state index is 5.63. The predicted octanol–water partition coefficient (Wildman–Crippen LogP) is 4.24. The fourth-order valence-corrected chi connectivity index (χ4v) is 2.66. The molecule has 0 radical (unpaired) electrons. The molecule has 0 aliphatic rings. The smallest absolute Gasteiger partial charge is 0.218 e. The molecule has 0 bridgehead atoms. The number of aromatic nitrogens is 2. The molecule has 3 aromatic rings. The summed E-state index contributed by atoms with van der Waals surface area (Å²) in [5, 5.41) is 1.13. The minimum Gasteiger partial charge on any atom is -0.437 e. The van der Waals surface area contributed by atoms with E-state index >= 15 is 0 Å². The van der Waals surface area contributed by atoms with Crippen LogP contribution in [0.25, 0.3) is 28.3 Å². The highest BCUT2D eigenvalue weighted by Gasteiger charge is 2.14. The highest BCUT2D eigenvalue weighted by Crippen LogP contribution is 2.35. The summed E-state index contributed by atoms with van der Waals surface area (Å²) in [5.74, 6) is 1.29. The van der Waals surface area contributed by atoms with Gasteiger partial charge >= 0.3 is 0 Å². The third-order valence-corrected chi connectivity index (χ3v) is 3.59. The van der Waals surface area contributed by atoms with Crippen molar-refractivity contribution in [1.82, 2.24) is 9.55 Å². The second-order valence-corrected chi connectivity index (χ2v) is 4.91. The molecule has 0 amide bonds. The van der Waals surface area contributed by atoms with Crippen molar-refractivity contribution in [2.75, 3.05) is 0 Å². The Morgan fingerprint density at radius 1 is 1.44 bits per heavy atom. The molecular weight excluding hydrogens is 292 g/mol. The minimum absolute atomic E-state index is 0.536. The topological polar surface area (TPSA) is 31.0 Å². The van der Waals surface area contributed by atoms with Gasteiger partial charge in [-0.25, -0.2) is 4.98 Å². The van der Waals surface area contributed by atoms with Crippen molar-refractivity contribution in [2.45, 2.75) is 0 Å². The van der Waals surface area contributed by atoms with Crippen LogP contribution in [0.3, 0.4) is 0 Å². The zero-order valence-electron chi connectivity index (χ0n) is 9.85. The molecule has 0 aliphatic carbocycles. The molecule has 0 spiro atoms. The van der Waals surface area contributed by atoms with E-state index in [0.29, 0.717) is 5.89 Å². The summed E-state index contributed by atoms with van der Waals surface area (Å²) in [6.45, 7) is 3.65. The number of rotatable bonds is 2. The molecule has 3 nitrogen and oxygen atoms in total. The second-order valence-electron chi connectivity index (χ2n) is 4.05. The van der Waals surface area contributed by atoms with Crippen LogP contribution in [0.1, 0.15) is 5.89 Å². The SMILES string of the molecule is C=Cc1ncc(-c2cn(C)c3cccc(Br)c23)o1. The lowest BCUT2D eigenvalue weighted by atomic mass is 10.1. The number of hydrogen-bond donors (Lipinski definition) is 0. The lowest BCUT2D eigenvalue weighted by molar-refractivity contribution is 0.561. The van der Waals surface area contributed by atoms with Crippen molar-refractivity contribution in [3.8, 4) is 11.3 Å². The van der Waals surface area contributed by atoms with Gasteiger partial charge in [0, 0.05) is 34.2 Å². The van der Waals surface area contributed by atoms with Gasteiger partial charge in [-0.15, -0.1) is 0 Å². The summed E-state index contributed by atoms with van der Waals surface area (Å²) in [6, 6.07) is 6.12. The number of fused-ring (bicyclic) bond motifs is 1. The molecule has 2 aromatic heterocycles. The Hall–Kier alpha value is -1.81. The Labute approximate surface area is 113 Å². The number of hydrogen-bond acceptors (Lipinski definition) is 2. The molecule has 90 valence electrons. The van der Waals surface area contributed by atoms with Crippen molar-refractivity contribution in [3.63, 3.8) is 0 Å². The predicted molar refractivity (Wildman–Crippen MR) is 76.2 cm³/mol. The van der Waals surface area contributed by atoms with E-state index in [2.05, 4.69) is 38.1 Å². The number of benzene rings is 1. The van der Waals surface area contributed by atoms with Crippen molar-refractivity contribution in [2.24, 2.45) is 7.05 Å². The highest BCUT2D eigenvalue weighted by molar-refractivity contribution is 9.10. The average molecular weight is 303 g/mol. The van der Waals surface area contributed by atoms with E-state index in [1.165, 1.54) is 0 Å². The quantitative estimate of drug-likeness (QED) is 0.709. The maximum Gasteiger partial charge on any atom is 0.218 e. The van der Waals surface area contributed by atoms with E-state index in [0.717, 1.165) is 26.7 Å². The van der Waals surface area contributed by atoms with Crippen LogP contribution >= 0.6 is 15.9 Å². The second kappa shape index (κ2) is 4.14. The van der Waals surface area contributed by atoms with Gasteiger partial charge in [-0.1, -0.05) is 28.6 Å². The summed E-state index contributed by atoms with van der Waals surface area (Å²) in [4.78, 5) is 4.15. The van der Waals surface area contributed by atoms with Gasteiger partial charge in [0.1, 0.15) is 0 Å². The van der Waals surface area contributed by atoms with Gasteiger partial charge in [-0.2, -0.15) is 0 Å². The number of halogens is 1. The third-order valence-electron chi connectivity index (χ3n) is 2.93. The Morgan fingerprint density at radius 3 is 3.00 bits per heavy atom. The van der Waals surface area contributed by atoms with E-state index in [1.807, 2.05) is 25.4 Å². The van der Waals surface area contributed by atoms with Crippen molar-refractivity contribution >= 4 is 32.9 Å². The largest absolute Gasteiger partial charge is 0.437 e. The number of nitrogens with zero attached hydrogens (tertiary/aromatic N) is 2. The van der Waals surface area contributed by atoms with Gasteiger partial charge in [0.2, 0.25) is 5.89 Å². The van der Waals surface area contributed by atoms with Crippen LogP contribution in [0.5, 0.6) is 0 Å². The fraction of sp³-hybridized carbons (Fsp3) is 0.0714. The van der Waals surface area contributed by atoms with Gasteiger partial charge in [-0.3, -0.25) is 0 Å². The van der Waals surface area contributed by atoms with Crippen molar-refractivity contribution in [3.05, 3.63) is 47.5 Å². The molecule has 2 heterocycles. The Balaban J connectivity index is 2.32. The zero-order chi connectivity index (χ0) is 12.7. The fourth-order valence-electron chi connectivity index (χ4n) is 2.09. The van der Waals surface area contributed by atoms with Crippen LogP contribution in [-0.4, -0.2) is 9.55 Å².